The van der Waals surface area contributed by atoms with Gasteiger partial charge in [0.15, 0.2) is 0 Å². The first kappa shape index (κ1) is 23.5. The summed E-state index contributed by atoms with van der Waals surface area (Å²) in [5.74, 6) is 0.0102. The highest BCUT2D eigenvalue weighted by Gasteiger charge is 2.22. The molecule has 1 saturated heterocycles. The second-order valence-electron chi connectivity index (χ2n) is 9.37. The Hall–Kier alpha value is -3.29. The molecule has 0 spiro atoms. The molecule has 0 aliphatic carbocycles. The van der Waals surface area contributed by atoms with Gasteiger partial charge in [-0.1, -0.05) is 36.4 Å². The summed E-state index contributed by atoms with van der Waals surface area (Å²) in [4.78, 5) is 18.5. The standard InChI is InChI=1S/C28H31FN4O2/c1-35-15-14-33-12-9-19(10-13-33)18-2-4-20(5-3-18)24-17-25(27(30)32-26(24)29)21-6-7-23-22(16-21)8-11-31-28(23)34/h2-7,16-17,19H,8-15H2,1H3,(H2,30,32)(H,31,34). The van der Waals surface area contributed by atoms with Gasteiger partial charge in [-0.05, 0) is 72.7 Å². The predicted octanol–water partition coefficient (Wildman–Crippen LogP) is 4.25. The van der Waals surface area contributed by atoms with E-state index in [1.54, 1.807) is 19.2 Å². The van der Waals surface area contributed by atoms with Gasteiger partial charge in [0.1, 0.15) is 5.82 Å². The number of nitrogens with zero attached hydrogens (tertiary/aromatic N) is 2. The van der Waals surface area contributed by atoms with Gasteiger partial charge in [-0.2, -0.15) is 4.39 Å². The number of methoxy groups -OCH3 is 1. The van der Waals surface area contributed by atoms with Crippen molar-refractivity contribution in [3.8, 4) is 22.3 Å². The van der Waals surface area contributed by atoms with Crippen molar-refractivity contribution in [1.29, 1.82) is 0 Å². The molecule has 0 unspecified atom stereocenters. The van der Waals surface area contributed by atoms with E-state index in [2.05, 4.69) is 27.3 Å². The first-order valence-corrected chi connectivity index (χ1v) is 12.2. The summed E-state index contributed by atoms with van der Waals surface area (Å²) in [6.45, 7) is 4.49. The SMILES string of the molecule is COCCN1CCC(c2ccc(-c3cc(-c4ccc5c(c4)CCNC5=O)c(N)nc3F)cc2)CC1. The number of pyridine rings is 1. The molecule has 3 aromatic rings. The lowest BCUT2D eigenvalue weighted by Crippen LogP contribution is -2.35. The maximum absolute atomic E-state index is 14.9. The maximum atomic E-state index is 14.9. The fourth-order valence-electron chi connectivity index (χ4n) is 5.18. The fraction of sp³-hybridized carbons (Fsp3) is 0.357. The second-order valence-corrected chi connectivity index (χ2v) is 9.37. The topological polar surface area (TPSA) is 80.5 Å². The van der Waals surface area contributed by atoms with Crippen molar-refractivity contribution in [2.75, 3.05) is 45.6 Å². The summed E-state index contributed by atoms with van der Waals surface area (Å²) in [6.07, 6.45) is 2.98. The number of hydrogen-bond acceptors (Lipinski definition) is 5. The lowest BCUT2D eigenvalue weighted by Gasteiger charge is -2.32. The number of fused-ring (bicyclic) bond motifs is 1. The van der Waals surface area contributed by atoms with Crippen LogP contribution in [0.2, 0.25) is 0 Å². The van der Waals surface area contributed by atoms with Crippen LogP contribution < -0.4 is 11.1 Å². The number of rotatable bonds is 6. The van der Waals surface area contributed by atoms with E-state index in [0.717, 1.165) is 62.2 Å². The molecule has 2 aliphatic heterocycles. The average molecular weight is 475 g/mol. The maximum Gasteiger partial charge on any atom is 0.251 e. The molecule has 182 valence electrons. The quantitative estimate of drug-likeness (QED) is 0.522. The van der Waals surface area contributed by atoms with Gasteiger partial charge in [0.25, 0.3) is 5.91 Å². The first-order valence-electron chi connectivity index (χ1n) is 12.2. The summed E-state index contributed by atoms with van der Waals surface area (Å²) in [5, 5.41) is 2.85. The summed E-state index contributed by atoms with van der Waals surface area (Å²) in [6, 6.07) is 15.6. The molecule has 0 atom stereocenters. The molecular formula is C28H31FN4O2. The van der Waals surface area contributed by atoms with Gasteiger partial charge in [0.2, 0.25) is 5.95 Å². The van der Waals surface area contributed by atoms with Gasteiger partial charge in [-0.25, -0.2) is 4.98 Å². The lowest BCUT2D eigenvalue weighted by molar-refractivity contribution is 0.0946. The predicted molar refractivity (Wildman–Crippen MR) is 136 cm³/mol. The minimum atomic E-state index is -0.581. The van der Waals surface area contributed by atoms with Crippen LogP contribution in [0.5, 0.6) is 0 Å². The molecule has 0 saturated carbocycles. The Morgan fingerprint density at radius 3 is 2.54 bits per heavy atom. The minimum Gasteiger partial charge on any atom is -0.383 e. The van der Waals surface area contributed by atoms with E-state index in [-0.39, 0.29) is 11.7 Å². The summed E-state index contributed by atoms with van der Waals surface area (Å²) >= 11 is 0. The molecule has 2 aliphatic rings. The highest BCUT2D eigenvalue weighted by atomic mass is 19.1. The third-order valence-corrected chi connectivity index (χ3v) is 7.24. The van der Waals surface area contributed by atoms with E-state index in [1.165, 1.54) is 5.56 Å². The number of amides is 1. The van der Waals surface area contributed by atoms with Gasteiger partial charge in [0.05, 0.1) is 6.61 Å². The Balaban J connectivity index is 1.37. The number of halogens is 1. The third-order valence-electron chi connectivity index (χ3n) is 7.24. The van der Waals surface area contributed by atoms with Crippen LogP contribution in [-0.2, 0) is 11.2 Å². The van der Waals surface area contributed by atoms with Crippen LogP contribution in [-0.4, -0.2) is 55.7 Å². The van der Waals surface area contributed by atoms with Gasteiger partial charge < -0.3 is 20.7 Å². The number of hydrogen-bond donors (Lipinski definition) is 2. The number of piperidine rings is 1. The summed E-state index contributed by atoms with van der Waals surface area (Å²) < 4.78 is 20.1. The number of aromatic nitrogens is 1. The van der Waals surface area contributed by atoms with Crippen LogP contribution in [0, 0.1) is 5.95 Å². The molecule has 3 N–H and O–H groups in total. The zero-order valence-corrected chi connectivity index (χ0v) is 20.0. The third kappa shape index (κ3) is 4.92. The number of anilines is 1. The number of carbonyl (C=O) groups excluding carboxylic acids is 1. The normalized spacial score (nSPS) is 16.7. The molecule has 35 heavy (non-hydrogen) atoms. The van der Waals surface area contributed by atoms with Gasteiger partial charge >= 0.3 is 0 Å². The van der Waals surface area contributed by atoms with E-state index in [0.29, 0.717) is 29.2 Å². The van der Waals surface area contributed by atoms with Crippen LogP contribution in [0.3, 0.4) is 0 Å². The number of benzene rings is 2. The van der Waals surface area contributed by atoms with Crippen molar-refractivity contribution >= 4 is 11.7 Å². The molecule has 5 rings (SSSR count). The van der Waals surface area contributed by atoms with Crippen molar-refractivity contribution in [2.24, 2.45) is 0 Å². The number of carbonyl (C=O) groups is 1. The number of likely N-dealkylation sites (tertiary alicyclic amines) is 1. The number of nitrogen functional groups attached to an aromatic ring is 1. The van der Waals surface area contributed by atoms with Crippen LogP contribution in [0.1, 0.15) is 40.2 Å². The van der Waals surface area contributed by atoms with Crippen molar-refractivity contribution in [3.63, 3.8) is 0 Å². The van der Waals surface area contributed by atoms with Crippen LogP contribution in [0.15, 0.2) is 48.5 Å². The molecule has 0 bridgehead atoms. The zero-order chi connectivity index (χ0) is 24.4. The second kappa shape index (κ2) is 10.1. The number of nitrogens with one attached hydrogen (secondary N) is 1. The van der Waals surface area contributed by atoms with Gasteiger partial charge in [-0.15, -0.1) is 0 Å². The Kier molecular flexibility index (Phi) is 6.79. The van der Waals surface area contributed by atoms with Crippen LogP contribution in [0.4, 0.5) is 10.2 Å². The van der Waals surface area contributed by atoms with Crippen molar-refractivity contribution in [3.05, 3.63) is 71.2 Å². The lowest BCUT2D eigenvalue weighted by atomic mass is 9.88. The number of nitrogens with two attached hydrogens (primary N) is 1. The monoisotopic (exact) mass is 474 g/mol. The molecule has 2 aromatic carbocycles. The van der Waals surface area contributed by atoms with Crippen LogP contribution >= 0.6 is 0 Å². The Labute approximate surface area is 205 Å². The van der Waals surface area contributed by atoms with Crippen molar-refractivity contribution < 1.29 is 13.9 Å². The molecule has 3 heterocycles. The highest BCUT2D eigenvalue weighted by Crippen LogP contribution is 2.34. The molecule has 6 nitrogen and oxygen atoms in total. The van der Waals surface area contributed by atoms with E-state index < -0.39 is 5.95 Å². The smallest absolute Gasteiger partial charge is 0.251 e. The first-order chi connectivity index (χ1) is 17.0. The highest BCUT2D eigenvalue weighted by molar-refractivity contribution is 5.97. The minimum absolute atomic E-state index is 0.0653. The molecule has 1 amide bonds. The fourth-order valence-corrected chi connectivity index (χ4v) is 5.18. The van der Waals surface area contributed by atoms with E-state index in [9.17, 15) is 9.18 Å². The average Bonchev–Trinajstić information content (AvgIpc) is 2.88. The van der Waals surface area contributed by atoms with E-state index in [1.807, 2.05) is 24.3 Å². The van der Waals surface area contributed by atoms with Crippen molar-refractivity contribution in [1.82, 2.24) is 15.2 Å². The van der Waals surface area contributed by atoms with Gasteiger partial charge in [0, 0.05) is 36.9 Å². The summed E-state index contributed by atoms with van der Waals surface area (Å²) in [5.41, 5.74) is 11.8. The Morgan fingerprint density at radius 2 is 1.80 bits per heavy atom. The Bertz CT molecular complexity index is 1220. The van der Waals surface area contributed by atoms with Crippen molar-refractivity contribution in [2.45, 2.75) is 25.2 Å². The van der Waals surface area contributed by atoms with E-state index >= 15 is 0 Å². The number of ether oxygens (including phenoxy) is 1. The largest absolute Gasteiger partial charge is 0.383 e. The molecule has 0 radical (unpaired) electrons. The molecule has 1 fully saturated rings. The summed E-state index contributed by atoms with van der Waals surface area (Å²) in [7, 11) is 1.74. The zero-order valence-electron chi connectivity index (χ0n) is 20.0. The molecule has 7 heteroatoms. The van der Waals surface area contributed by atoms with Gasteiger partial charge in [-0.3, -0.25) is 4.79 Å². The van der Waals surface area contributed by atoms with E-state index in [4.69, 9.17) is 10.5 Å². The Morgan fingerprint density at radius 1 is 1.06 bits per heavy atom. The molecular weight excluding hydrogens is 443 g/mol. The van der Waals surface area contributed by atoms with Crippen LogP contribution in [0.25, 0.3) is 22.3 Å². The molecule has 1 aromatic heterocycles.